The van der Waals surface area contributed by atoms with Crippen molar-refractivity contribution in [3.05, 3.63) is 64.7 Å². The third-order valence-corrected chi connectivity index (χ3v) is 3.72. The Bertz CT molecular complexity index is 714. The van der Waals surface area contributed by atoms with Crippen LogP contribution in [0.4, 0.5) is 0 Å². The van der Waals surface area contributed by atoms with Crippen molar-refractivity contribution in [2.45, 2.75) is 6.42 Å². The average Bonchev–Trinajstić information content (AvgIpc) is 2.60. The summed E-state index contributed by atoms with van der Waals surface area (Å²) in [6.45, 7) is 0.583. The molecule has 0 heterocycles. The van der Waals surface area contributed by atoms with Crippen LogP contribution in [0, 0.1) is 0 Å². The molecule has 0 saturated carbocycles. The molecular weight excluding hydrogens is 326 g/mol. The lowest BCUT2D eigenvalue weighted by molar-refractivity contribution is -0.116. The molecule has 24 heavy (non-hydrogen) atoms. The largest absolute Gasteiger partial charge is 0.493 e. The first-order valence-electron chi connectivity index (χ1n) is 7.55. The Kier molecular flexibility index (Phi) is 6.70. The van der Waals surface area contributed by atoms with Gasteiger partial charge in [0.05, 0.1) is 19.2 Å². The van der Waals surface area contributed by atoms with Crippen LogP contribution in [0.5, 0.6) is 11.5 Å². The second-order valence-corrected chi connectivity index (χ2v) is 5.51. The van der Waals surface area contributed by atoms with Crippen LogP contribution >= 0.6 is 11.6 Å². The van der Waals surface area contributed by atoms with Crippen LogP contribution < -0.4 is 14.8 Å². The maximum absolute atomic E-state index is 11.9. The van der Waals surface area contributed by atoms with Crippen LogP contribution in [0.1, 0.15) is 11.1 Å². The van der Waals surface area contributed by atoms with Gasteiger partial charge in [0.1, 0.15) is 0 Å². The summed E-state index contributed by atoms with van der Waals surface area (Å²) in [6, 6.07) is 13.5. The summed E-state index contributed by atoms with van der Waals surface area (Å²) in [7, 11) is 3.07. The summed E-state index contributed by atoms with van der Waals surface area (Å²) in [6.07, 6.45) is 3.96. The molecule has 0 aromatic heterocycles. The number of amides is 1. The van der Waals surface area contributed by atoms with E-state index in [2.05, 4.69) is 5.32 Å². The number of halogens is 1. The molecule has 0 aliphatic rings. The fourth-order valence-corrected chi connectivity index (χ4v) is 2.54. The monoisotopic (exact) mass is 345 g/mol. The molecule has 0 bridgehead atoms. The quantitative estimate of drug-likeness (QED) is 0.778. The molecule has 0 atom stereocenters. The molecular formula is C19H20ClNO3. The molecule has 126 valence electrons. The lowest BCUT2D eigenvalue weighted by atomic mass is 10.1. The van der Waals surface area contributed by atoms with Crippen molar-refractivity contribution in [2.24, 2.45) is 0 Å². The fraction of sp³-hybridized carbons (Fsp3) is 0.211. The summed E-state index contributed by atoms with van der Waals surface area (Å²) in [5.74, 6) is 0.842. The number of nitrogens with one attached hydrogen (secondary N) is 1. The number of rotatable bonds is 7. The summed E-state index contributed by atoms with van der Waals surface area (Å²) in [5.41, 5.74) is 1.95. The molecule has 1 N–H and O–H groups in total. The predicted molar refractivity (Wildman–Crippen MR) is 96.7 cm³/mol. The maximum atomic E-state index is 11.9. The van der Waals surface area contributed by atoms with Crippen molar-refractivity contribution >= 4 is 23.6 Å². The molecule has 0 aliphatic carbocycles. The zero-order valence-electron chi connectivity index (χ0n) is 13.7. The first kappa shape index (κ1) is 17.9. The van der Waals surface area contributed by atoms with Crippen molar-refractivity contribution in [3.63, 3.8) is 0 Å². The summed E-state index contributed by atoms with van der Waals surface area (Å²) in [4.78, 5) is 11.9. The van der Waals surface area contributed by atoms with Crippen LogP contribution in [-0.4, -0.2) is 26.7 Å². The first-order chi connectivity index (χ1) is 11.6. The Morgan fingerprint density at radius 1 is 1.17 bits per heavy atom. The highest BCUT2D eigenvalue weighted by atomic mass is 35.5. The summed E-state index contributed by atoms with van der Waals surface area (Å²) in [5, 5.41) is 3.28. The normalized spacial score (nSPS) is 10.6. The molecule has 0 fully saturated rings. The van der Waals surface area contributed by atoms with Gasteiger partial charge in [-0.25, -0.2) is 0 Å². The van der Waals surface area contributed by atoms with Gasteiger partial charge in [-0.2, -0.15) is 0 Å². The van der Waals surface area contributed by atoms with E-state index < -0.39 is 0 Å². The molecule has 0 unspecified atom stereocenters. The molecule has 1 amide bonds. The van der Waals surface area contributed by atoms with Crippen molar-refractivity contribution in [1.29, 1.82) is 0 Å². The highest BCUT2D eigenvalue weighted by Crippen LogP contribution is 2.36. The van der Waals surface area contributed by atoms with Crippen LogP contribution in [0.2, 0.25) is 5.02 Å². The van der Waals surface area contributed by atoms with Gasteiger partial charge in [-0.1, -0.05) is 41.9 Å². The average molecular weight is 346 g/mol. The van der Waals surface area contributed by atoms with Gasteiger partial charge in [0.25, 0.3) is 0 Å². The summed E-state index contributed by atoms with van der Waals surface area (Å²) < 4.78 is 10.4. The van der Waals surface area contributed by atoms with Gasteiger partial charge in [0, 0.05) is 12.6 Å². The Hall–Kier alpha value is -2.46. The van der Waals surface area contributed by atoms with Gasteiger partial charge in [0.15, 0.2) is 11.5 Å². The number of ether oxygens (including phenoxy) is 2. The predicted octanol–water partition coefficient (Wildman–Crippen LogP) is 3.73. The lowest BCUT2D eigenvalue weighted by Gasteiger charge is -2.10. The molecule has 2 aromatic rings. The number of hydrogen-bond donors (Lipinski definition) is 1. The van der Waals surface area contributed by atoms with Gasteiger partial charge >= 0.3 is 0 Å². The van der Waals surface area contributed by atoms with E-state index in [0.29, 0.717) is 23.1 Å². The van der Waals surface area contributed by atoms with Crippen LogP contribution in [0.3, 0.4) is 0 Å². The van der Waals surface area contributed by atoms with E-state index in [4.69, 9.17) is 21.1 Å². The van der Waals surface area contributed by atoms with Gasteiger partial charge in [0.2, 0.25) is 5.91 Å². The van der Waals surface area contributed by atoms with Crippen LogP contribution in [-0.2, 0) is 11.2 Å². The van der Waals surface area contributed by atoms with E-state index in [9.17, 15) is 4.79 Å². The molecule has 4 nitrogen and oxygen atoms in total. The smallest absolute Gasteiger partial charge is 0.244 e. The molecule has 5 heteroatoms. The number of carbonyl (C=O) groups excluding carboxylic acids is 1. The standard InChI is InChI=1S/C19H20ClNO3/c1-23-17-13-15(12-16(20)19(17)24-2)8-9-18(22)21-11-10-14-6-4-3-5-7-14/h3-9,12-13H,10-11H2,1-2H3,(H,21,22)/b9-8+. The van der Waals surface area contributed by atoms with Gasteiger partial charge in [-0.3, -0.25) is 4.79 Å². The number of benzene rings is 2. The van der Waals surface area contributed by atoms with E-state index in [0.717, 1.165) is 12.0 Å². The number of hydrogen-bond acceptors (Lipinski definition) is 3. The molecule has 0 aliphatic heterocycles. The fourth-order valence-electron chi connectivity index (χ4n) is 2.24. The highest BCUT2D eigenvalue weighted by molar-refractivity contribution is 6.32. The Balaban J connectivity index is 1.92. The first-order valence-corrected chi connectivity index (χ1v) is 7.93. The van der Waals surface area contributed by atoms with E-state index in [1.54, 1.807) is 18.2 Å². The Morgan fingerprint density at radius 3 is 2.58 bits per heavy atom. The Morgan fingerprint density at radius 2 is 1.92 bits per heavy atom. The number of carbonyl (C=O) groups is 1. The van der Waals surface area contributed by atoms with E-state index in [1.807, 2.05) is 30.3 Å². The molecule has 0 spiro atoms. The molecule has 0 radical (unpaired) electrons. The van der Waals surface area contributed by atoms with Gasteiger partial charge in [-0.15, -0.1) is 0 Å². The van der Waals surface area contributed by atoms with E-state index >= 15 is 0 Å². The molecule has 2 aromatic carbocycles. The van der Waals surface area contributed by atoms with Crippen LogP contribution in [0.15, 0.2) is 48.5 Å². The zero-order chi connectivity index (χ0) is 17.4. The van der Waals surface area contributed by atoms with E-state index in [1.165, 1.54) is 25.9 Å². The van der Waals surface area contributed by atoms with Crippen LogP contribution in [0.25, 0.3) is 6.08 Å². The molecule has 0 saturated heterocycles. The van der Waals surface area contributed by atoms with E-state index in [-0.39, 0.29) is 5.91 Å². The molecule has 2 rings (SSSR count). The zero-order valence-corrected chi connectivity index (χ0v) is 14.5. The Labute approximate surface area is 147 Å². The topological polar surface area (TPSA) is 47.6 Å². The highest BCUT2D eigenvalue weighted by Gasteiger charge is 2.09. The minimum absolute atomic E-state index is 0.156. The van der Waals surface area contributed by atoms with Crippen molar-refractivity contribution in [2.75, 3.05) is 20.8 Å². The number of methoxy groups -OCH3 is 2. The second-order valence-electron chi connectivity index (χ2n) is 5.10. The van der Waals surface area contributed by atoms with Gasteiger partial charge in [-0.05, 0) is 35.8 Å². The minimum atomic E-state index is -0.156. The minimum Gasteiger partial charge on any atom is -0.493 e. The summed E-state index contributed by atoms with van der Waals surface area (Å²) >= 11 is 6.14. The van der Waals surface area contributed by atoms with Crippen molar-refractivity contribution in [1.82, 2.24) is 5.32 Å². The van der Waals surface area contributed by atoms with Crippen molar-refractivity contribution < 1.29 is 14.3 Å². The second kappa shape index (κ2) is 8.99. The van der Waals surface area contributed by atoms with Crippen molar-refractivity contribution in [3.8, 4) is 11.5 Å². The SMILES string of the molecule is COc1cc(/C=C/C(=O)NCCc2ccccc2)cc(Cl)c1OC. The maximum Gasteiger partial charge on any atom is 0.244 e. The third-order valence-electron chi connectivity index (χ3n) is 3.44. The lowest BCUT2D eigenvalue weighted by Crippen LogP contribution is -2.23. The third kappa shape index (κ3) is 5.03. The van der Waals surface area contributed by atoms with Gasteiger partial charge < -0.3 is 14.8 Å².